The maximum absolute atomic E-state index is 14.3. The number of phosphoric acid groups is 1. The smallest absolute Gasteiger partial charge is 0.462 e. The summed E-state index contributed by atoms with van der Waals surface area (Å²) in [5.41, 5.74) is 0. The Balaban J connectivity index is 1.49. The summed E-state index contributed by atoms with van der Waals surface area (Å²) in [5, 5.41) is 150. The van der Waals surface area contributed by atoms with Crippen molar-refractivity contribution in [1.82, 2.24) is 0 Å². The zero-order valence-corrected chi connectivity index (χ0v) is 53.5. The molecule has 3 heterocycles. The van der Waals surface area contributed by atoms with E-state index in [9.17, 15) is 90.5 Å². The number of allylic oxidation sites excluding steroid dienone is 2. The lowest BCUT2D eigenvalue weighted by Gasteiger charge is -2.49. The van der Waals surface area contributed by atoms with Crippen molar-refractivity contribution < 1.29 is 137 Å². The normalized spacial score (nSPS) is 34.3. The summed E-state index contributed by atoms with van der Waals surface area (Å²) in [6.07, 6.45) is -13.7. The molecule has 3 saturated heterocycles. The van der Waals surface area contributed by atoms with Gasteiger partial charge in [-0.15, -0.1) is 0 Å². The van der Waals surface area contributed by atoms with Gasteiger partial charge in [-0.25, -0.2) is 4.57 Å². The number of rotatable bonds is 46. The minimum atomic E-state index is -5.75. The van der Waals surface area contributed by atoms with Crippen LogP contribution in [-0.4, -0.2) is 256 Å². The highest BCUT2D eigenvalue weighted by Gasteiger charge is 2.58. The Morgan fingerprint density at radius 2 is 0.800 bits per heavy atom. The molecule has 1 saturated carbocycles. The van der Waals surface area contributed by atoms with E-state index >= 15 is 0 Å². The Labute approximate surface area is 529 Å². The second-order valence-corrected chi connectivity index (χ2v) is 25.8. The van der Waals surface area contributed by atoms with Crippen LogP contribution in [0.2, 0.25) is 0 Å². The minimum Gasteiger partial charge on any atom is -0.462 e. The third-order valence-electron chi connectivity index (χ3n) is 16.9. The first kappa shape index (κ1) is 80.4. The minimum absolute atomic E-state index is 0.0205. The number of esters is 2. The van der Waals surface area contributed by atoms with Crippen LogP contribution < -0.4 is 0 Å². The predicted octanol–water partition coefficient (Wildman–Crippen LogP) is 1.75. The van der Waals surface area contributed by atoms with Crippen molar-refractivity contribution in [3.8, 4) is 0 Å². The van der Waals surface area contributed by atoms with Gasteiger partial charge in [0.05, 0.1) is 26.4 Å². The van der Waals surface area contributed by atoms with E-state index < -0.39 is 188 Å². The zero-order chi connectivity index (χ0) is 66.2. The number of hydrogen-bond donors (Lipinski definition) is 15. The van der Waals surface area contributed by atoms with Crippen molar-refractivity contribution >= 4 is 19.8 Å². The fraction of sp³-hybridized carbons (Fsp3) is 0.934. The Bertz CT molecular complexity index is 1990. The van der Waals surface area contributed by atoms with E-state index in [1.807, 2.05) is 0 Å². The van der Waals surface area contributed by atoms with Gasteiger partial charge in [0, 0.05) is 12.8 Å². The van der Waals surface area contributed by atoms with Crippen molar-refractivity contribution in [2.24, 2.45) is 0 Å². The predicted molar refractivity (Wildman–Crippen MR) is 319 cm³/mol. The highest BCUT2D eigenvalue weighted by molar-refractivity contribution is 7.47. The van der Waals surface area contributed by atoms with Crippen LogP contribution in [0, 0.1) is 0 Å². The van der Waals surface area contributed by atoms with E-state index in [4.69, 9.17) is 46.9 Å². The molecule has 0 amide bonds. The third kappa shape index (κ3) is 27.2. The molecular weight excluding hydrogens is 1210 g/mol. The first-order valence-corrected chi connectivity index (χ1v) is 34.5. The first-order chi connectivity index (χ1) is 43.1. The summed E-state index contributed by atoms with van der Waals surface area (Å²) in [6, 6.07) is 0. The van der Waals surface area contributed by atoms with Gasteiger partial charge in [0.15, 0.2) is 25.0 Å². The second kappa shape index (κ2) is 43.9. The van der Waals surface area contributed by atoms with Crippen LogP contribution in [0.5, 0.6) is 0 Å². The molecule has 0 aromatic carbocycles. The Morgan fingerprint density at radius 1 is 0.433 bits per heavy atom. The van der Waals surface area contributed by atoms with Crippen molar-refractivity contribution in [3.63, 3.8) is 0 Å². The van der Waals surface area contributed by atoms with Crippen molar-refractivity contribution in [2.75, 3.05) is 33.0 Å². The van der Waals surface area contributed by atoms with Gasteiger partial charge in [-0.05, 0) is 38.5 Å². The quantitative estimate of drug-likeness (QED) is 0.0179. The summed E-state index contributed by atoms with van der Waals surface area (Å²) < 4.78 is 69.8. The van der Waals surface area contributed by atoms with Crippen molar-refractivity contribution in [3.05, 3.63) is 12.2 Å². The lowest BCUT2D eigenvalue weighted by molar-refractivity contribution is -0.364. The summed E-state index contributed by atoms with van der Waals surface area (Å²) in [5.74, 6) is -1.41. The topological polar surface area (TPSA) is 447 Å². The summed E-state index contributed by atoms with van der Waals surface area (Å²) in [6.45, 7) is 0.0509. The van der Waals surface area contributed by atoms with Gasteiger partial charge < -0.3 is 114 Å². The summed E-state index contributed by atoms with van der Waals surface area (Å²) in [7, 11) is -5.75. The Kier molecular flexibility index (Phi) is 39.3. The molecule has 528 valence electrons. The summed E-state index contributed by atoms with van der Waals surface area (Å²) in [4.78, 5) is 37.9. The lowest BCUT2D eigenvalue weighted by Crippen LogP contribution is -2.69. The molecule has 4 aliphatic rings. The number of ether oxygens (including phenoxy) is 8. The highest BCUT2D eigenvalue weighted by atomic mass is 31.2. The third-order valence-corrected chi connectivity index (χ3v) is 17.9. The molecule has 0 aromatic heterocycles. The number of aliphatic hydroxyl groups is 14. The lowest BCUT2D eigenvalue weighted by atomic mass is 9.84. The number of carbonyl (C=O) groups excluding carboxylic acids is 2. The molecule has 4 rings (SSSR count). The van der Waals surface area contributed by atoms with Crippen LogP contribution in [0.3, 0.4) is 0 Å². The molecule has 23 atom stereocenters. The van der Waals surface area contributed by atoms with Gasteiger partial charge >= 0.3 is 19.8 Å². The fourth-order valence-electron chi connectivity index (χ4n) is 11.3. The van der Waals surface area contributed by atoms with Crippen LogP contribution in [0.25, 0.3) is 0 Å². The van der Waals surface area contributed by atoms with Crippen LogP contribution in [-0.2, 0) is 61.1 Å². The maximum Gasteiger partial charge on any atom is 0.472 e. The van der Waals surface area contributed by atoms with E-state index in [0.717, 1.165) is 64.2 Å². The monoisotopic (exact) mass is 1320 g/mol. The maximum atomic E-state index is 14.3. The van der Waals surface area contributed by atoms with Crippen LogP contribution in [0.15, 0.2) is 12.2 Å². The van der Waals surface area contributed by atoms with Crippen LogP contribution in [0.4, 0.5) is 0 Å². The molecule has 0 radical (unpaired) electrons. The summed E-state index contributed by atoms with van der Waals surface area (Å²) >= 11 is 0. The number of aliphatic hydroxyl groups excluding tert-OH is 14. The van der Waals surface area contributed by atoms with Gasteiger partial charge in [0.1, 0.15) is 116 Å². The number of carbonyl (C=O) groups is 2. The number of unbranched alkanes of at least 4 members (excludes halogenated alkanes) is 23. The Hall–Kier alpha value is -2.01. The highest BCUT2D eigenvalue weighted by Crippen LogP contribution is 2.49. The molecule has 15 N–H and O–H groups in total. The standard InChI is InChI=1S/C61H111O28P/c1-3-5-7-9-11-13-15-17-18-20-22-24-26-28-30-32-43(65)83-38(35-80-42(64)31-29-27-25-23-21-19-16-14-12-10-8-6-4-2)36-82-90(78,79)89-58-56(87-60-54(76)48(70)45(67)40(34-63)85-60)51(73)50(72)52(74)57(58)88-61-55(77)49(71)46(68)41(86-61)37-81-59-53(75)47(69)44(66)39(33-62)84-59/h17-18,38-41,44-63,66-77H,3-16,19-37H2,1-2H3,(H,78,79)/b18-17-/t38-,39?,40?,41?,44+,45-,46+,47?,48?,49?,50+,51?,52?,53+,54-,55+,56-,57?,58+,59-,60-,61+/m1/s1. The van der Waals surface area contributed by atoms with Crippen molar-refractivity contribution in [2.45, 2.75) is 328 Å². The van der Waals surface area contributed by atoms with Gasteiger partial charge in [-0.1, -0.05) is 154 Å². The molecule has 3 aliphatic heterocycles. The van der Waals surface area contributed by atoms with Crippen molar-refractivity contribution in [1.29, 1.82) is 0 Å². The van der Waals surface area contributed by atoms with Crippen LogP contribution >= 0.6 is 7.82 Å². The average molecular weight is 1320 g/mol. The average Bonchev–Trinajstić information content (AvgIpc) is 1.01. The molecule has 90 heavy (non-hydrogen) atoms. The van der Waals surface area contributed by atoms with Gasteiger partial charge in [0.25, 0.3) is 0 Å². The molecule has 0 spiro atoms. The Morgan fingerprint density at radius 3 is 1.24 bits per heavy atom. The van der Waals surface area contributed by atoms with E-state index in [1.165, 1.54) is 83.5 Å². The number of phosphoric ester groups is 1. The molecule has 10 unspecified atom stereocenters. The van der Waals surface area contributed by atoms with E-state index in [2.05, 4.69) is 26.0 Å². The largest absolute Gasteiger partial charge is 0.472 e. The van der Waals surface area contributed by atoms with E-state index in [0.29, 0.717) is 19.3 Å². The molecule has 1 aliphatic carbocycles. The molecule has 0 aromatic rings. The van der Waals surface area contributed by atoms with E-state index in [-0.39, 0.29) is 12.8 Å². The molecule has 28 nitrogen and oxygen atoms in total. The fourth-order valence-corrected chi connectivity index (χ4v) is 12.2. The zero-order valence-electron chi connectivity index (χ0n) is 52.7. The number of hydrogen-bond acceptors (Lipinski definition) is 27. The second-order valence-electron chi connectivity index (χ2n) is 24.4. The molecular formula is C61H111O28P. The van der Waals surface area contributed by atoms with Gasteiger partial charge in [-0.3, -0.25) is 18.6 Å². The SMILES string of the molecule is CCCCCCCC/C=C\CCCCCCCC(=O)O[C@H](COC(=O)CCCCCCCCCCCCCCC)COP(=O)(O)O[C@@H]1C(O[C@@H]2OC(CO[C@@H]3OC(CO)[C@H](O)C(O)[C@@H]3O)[C@H](O)C(O)[C@@H]2O)C(O)[C@@H](O)C(O)[C@H]1O[C@H]1OC(CO)[C@@H](O)C(O)[C@H]1O. The van der Waals surface area contributed by atoms with E-state index in [1.54, 1.807) is 0 Å². The first-order valence-electron chi connectivity index (χ1n) is 33.0. The molecule has 0 bridgehead atoms. The van der Waals surface area contributed by atoms with Gasteiger partial charge in [0.2, 0.25) is 0 Å². The molecule has 4 fully saturated rings. The molecule has 29 heteroatoms. The van der Waals surface area contributed by atoms with Gasteiger partial charge in [-0.2, -0.15) is 0 Å². The van der Waals surface area contributed by atoms with Crippen LogP contribution in [0.1, 0.15) is 194 Å².